The molecule has 1 heteroatoms. The Morgan fingerprint density at radius 1 is 1.40 bits per heavy atom. The lowest BCUT2D eigenvalue weighted by atomic mass is 9.80. The number of nitrogens with one attached hydrogen (secondary N) is 1. The van der Waals surface area contributed by atoms with Crippen LogP contribution in [-0.2, 0) is 0 Å². The molecular formula is C9H19N. The molecule has 0 radical (unpaired) electrons. The van der Waals surface area contributed by atoms with Crippen molar-refractivity contribution in [1.29, 1.82) is 0 Å². The summed E-state index contributed by atoms with van der Waals surface area (Å²) >= 11 is 0. The summed E-state index contributed by atoms with van der Waals surface area (Å²) < 4.78 is 0. The zero-order valence-electron chi connectivity index (χ0n) is 7.35. The van der Waals surface area contributed by atoms with Gasteiger partial charge in [0.05, 0.1) is 0 Å². The predicted molar refractivity (Wildman–Crippen MR) is 45.0 cm³/mol. The van der Waals surface area contributed by atoms with Gasteiger partial charge in [-0.05, 0) is 37.3 Å². The molecule has 0 aromatic carbocycles. The summed E-state index contributed by atoms with van der Waals surface area (Å²) in [6, 6.07) is 0. The van der Waals surface area contributed by atoms with Crippen LogP contribution < -0.4 is 5.32 Å². The van der Waals surface area contributed by atoms with Crippen LogP contribution in [-0.4, -0.2) is 13.1 Å². The third-order valence-electron chi connectivity index (χ3n) is 2.74. The summed E-state index contributed by atoms with van der Waals surface area (Å²) in [6.07, 6.45) is 1.36. The van der Waals surface area contributed by atoms with Gasteiger partial charge >= 0.3 is 0 Å². The summed E-state index contributed by atoms with van der Waals surface area (Å²) in [5, 5.41) is 3.45. The second-order valence-corrected chi connectivity index (χ2v) is 3.88. The summed E-state index contributed by atoms with van der Waals surface area (Å²) in [7, 11) is 0. The van der Waals surface area contributed by atoms with Crippen molar-refractivity contribution in [2.24, 2.45) is 17.8 Å². The van der Waals surface area contributed by atoms with Crippen LogP contribution in [0.15, 0.2) is 0 Å². The van der Waals surface area contributed by atoms with E-state index in [1.807, 2.05) is 0 Å². The molecule has 60 valence electrons. The molecule has 1 aliphatic rings. The average Bonchev–Trinajstić information content (AvgIpc) is 1.88. The van der Waals surface area contributed by atoms with Gasteiger partial charge < -0.3 is 5.32 Å². The first-order chi connectivity index (χ1) is 4.72. The fraction of sp³-hybridized carbons (Fsp3) is 1.00. The normalized spacial score (nSPS) is 34.8. The van der Waals surface area contributed by atoms with Gasteiger partial charge in [-0.1, -0.05) is 20.8 Å². The Balaban J connectivity index is 2.40. The second kappa shape index (κ2) is 3.38. The van der Waals surface area contributed by atoms with Crippen LogP contribution in [0.2, 0.25) is 0 Å². The molecule has 0 bridgehead atoms. The van der Waals surface area contributed by atoms with Crippen LogP contribution in [0.1, 0.15) is 27.2 Å². The van der Waals surface area contributed by atoms with Crippen molar-refractivity contribution >= 4 is 0 Å². The Bertz CT molecular complexity index is 98.9. The van der Waals surface area contributed by atoms with Crippen molar-refractivity contribution in [2.45, 2.75) is 27.2 Å². The van der Waals surface area contributed by atoms with E-state index in [1.54, 1.807) is 0 Å². The fourth-order valence-electron chi connectivity index (χ4n) is 1.91. The van der Waals surface area contributed by atoms with Crippen molar-refractivity contribution in [3.8, 4) is 0 Å². The monoisotopic (exact) mass is 141 g/mol. The molecule has 1 N–H and O–H groups in total. The molecule has 1 heterocycles. The van der Waals surface area contributed by atoms with Gasteiger partial charge in [-0.2, -0.15) is 0 Å². The zero-order chi connectivity index (χ0) is 7.56. The van der Waals surface area contributed by atoms with Gasteiger partial charge in [-0.15, -0.1) is 0 Å². The SMILES string of the molecule is CC(C)[C@H]1CNCC[C@H]1C. The third kappa shape index (κ3) is 1.72. The topological polar surface area (TPSA) is 12.0 Å². The molecule has 1 saturated heterocycles. The highest BCUT2D eigenvalue weighted by atomic mass is 14.9. The second-order valence-electron chi connectivity index (χ2n) is 3.88. The molecule has 1 rings (SSSR count). The minimum absolute atomic E-state index is 0.850. The van der Waals surface area contributed by atoms with Crippen LogP contribution in [0.3, 0.4) is 0 Å². The van der Waals surface area contributed by atoms with E-state index in [1.165, 1.54) is 19.5 Å². The first-order valence-electron chi connectivity index (χ1n) is 4.42. The van der Waals surface area contributed by atoms with E-state index in [-0.39, 0.29) is 0 Å². The van der Waals surface area contributed by atoms with Crippen LogP contribution in [0.5, 0.6) is 0 Å². The highest BCUT2D eigenvalue weighted by Crippen LogP contribution is 2.24. The van der Waals surface area contributed by atoms with Gasteiger partial charge in [0.25, 0.3) is 0 Å². The average molecular weight is 141 g/mol. The first kappa shape index (κ1) is 8.06. The highest BCUT2D eigenvalue weighted by Gasteiger charge is 2.23. The molecule has 0 unspecified atom stereocenters. The van der Waals surface area contributed by atoms with Crippen LogP contribution in [0.4, 0.5) is 0 Å². The third-order valence-corrected chi connectivity index (χ3v) is 2.74. The quantitative estimate of drug-likeness (QED) is 0.588. The largest absolute Gasteiger partial charge is 0.316 e. The summed E-state index contributed by atoms with van der Waals surface area (Å²) in [4.78, 5) is 0. The summed E-state index contributed by atoms with van der Waals surface area (Å²) in [6.45, 7) is 9.50. The highest BCUT2D eigenvalue weighted by molar-refractivity contribution is 4.76. The van der Waals surface area contributed by atoms with E-state index < -0.39 is 0 Å². The summed E-state index contributed by atoms with van der Waals surface area (Å²) in [5.41, 5.74) is 0. The van der Waals surface area contributed by atoms with Crippen molar-refractivity contribution in [1.82, 2.24) is 5.32 Å². The molecule has 0 spiro atoms. The van der Waals surface area contributed by atoms with Crippen LogP contribution >= 0.6 is 0 Å². The van der Waals surface area contributed by atoms with E-state index in [9.17, 15) is 0 Å². The van der Waals surface area contributed by atoms with E-state index >= 15 is 0 Å². The maximum absolute atomic E-state index is 3.45. The molecule has 0 saturated carbocycles. The Labute approximate surface area is 64.2 Å². The molecule has 0 aliphatic carbocycles. The molecular weight excluding hydrogens is 122 g/mol. The van der Waals surface area contributed by atoms with E-state index in [0.717, 1.165) is 17.8 Å². The maximum Gasteiger partial charge on any atom is -0.00155 e. The maximum atomic E-state index is 3.45. The van der Waals surface area contributed by atoms with Crippen molar-refractivity contribution < 1.29 is 0 Å². The number of hydrogen-bond donors (Lipinski definition) is 1. The molecule has 0 aromatic rings. The van der Waals surface area contributed by atoms with Gasteiger partial charge in [-0.25, -0.2) is 0 Å². The standard InChI is InChI=1S/C9H19N/c1-7(2)9-6-10-5-4-8(9)3/h7-10H,4-6H2,1-3H3/t8-,9-/m1/s1. The fourth-order valence-corrected chi connectivity index (χ4v) is 1.91. The van der Waals surface area contributed by atoms with Crippen molar-refractivity contribution in [2.75, 3.05) is 13.1 Å². The molecule has 1 nitrogen and oxygen atoms in total. The number of piperidine rings is 1. The van der Waals surface area contributed by atoms with Crippen molar-refractivity contribution in [3.05, 3.63) is 0 Å². The number of hydrogen-bond acceptors (Lipinski definition) is 1. The van der Waals surface area contributed by atoms with Crippen LogP contribution in [0, 0.1) is 17.8 Å². The van der Waals surface area contributed by atoms with Gasteiger partial charge in [-0.3, -0.25) is 0 Å². The predicted octanol–water partition coefficient (Wildman–Crippen LogP) is 1.89. The Morgan fingerprint density at radius 3 is 2.50 bits per heavy atom. The number of rotatable bonds is 1. The Morgan fingerprint density at radius 2 is 2.10 bits per heavy atom. The molecule has 2 atom stereocenters. The zero-order valence-corrected chi connectivity index (χ0v) is 7.35. The lowest BCUT2D eigenvalue weighted by molar-refractivity contribution is 0.212. The lowest BCUT2D eigenvalue weighted by Crippen LogP contribution is -2.37. The van der Waals surface area contributed by atoms with Crippen LogP contribution in [0.25, 0.3) is 0 Å². The molecule has 1 fully saturated rings. The Hall–Kier alpha value is -0.0400. The summed E-state index contributed by atoms with van der Waals surface area (Å²) in [5.74, 6) is 2.69. The van der Waals surface area contributed by atoms with E-state index in [0.29, 0.717) is 0 Å². The van der Waals surface area contributed by atoms with E-state index in [2.05, 4.69) is 26.1 Å². The first-order valence-corrected chi connectivity index (χ1v) is 4.42. The van der Waals surface area contributed by atoms with Gasteiger partial charge in [0.2, 0.25) is 0 Å². The Kier molecular flexibility index (Phi) is 2.72. The lowest BCUT2D eigenvalue weighted by Gasteiger charge is -2.32. The minimum atomic E-state index is 0.850. The van der Waals surface area contributed by atoms with Crippen molar-refractivity contribution in [3.63, 3.8) is 0 Å². The van der Waals surface area contributed by atoms with Gasteiger partial charge in [0.15, 0.2) is 0 Å². The van der Waals surface area contributed by atoms with Gasteiger partial charge in [0.1, 0.15) is 0 Å². The smallest absolute Gasteiger partial charge is 0.00155 e. The van der Waals surface area contributed by atoms with Gasteiger partial charge in [0, 0.05) is 0 Å². The molecule has 0 amide bonds. The molecule has 10 heavy (non-hydrogen) atoms. The molecule has 1 aliphatic heterocycles. The minimum Gasteiger partial charge on any atom is -0.316 e. The van der Waals surface area contributed by atoms with E-state index in [4.69, 9.17) is 0 Å². The molecule has 0 aromatic heterocycles.